The molecule has 1 aromatic heterocycles. The second-order valence-corrected chi connectivity index (χ2v) is 7.16. The maximum absolute atomic E-state index is 11.3. The molecule has 0 atom stereocenters. The van der Waals surface area contributed by atoms with Crippen LogP contribution in [0.15, 0.2) is 54.0 Å². The van der Waals surface area contributed by atoms with Gasteiger partial charge in [0.05, 0.1) is 5.69 Å². The van der Waals surface area contributed by atoms with Gasteiger partial charge in [-0.05, 0) is 50.6 Å². The number of hydrogen-bond donors (Lipinski definition) is 1. The van der Waals surface area contributed by atoms with Gasteiger partial charge in [-0.1, -0.05) is 23.8 Å². The summed E-state index contributed by atoms with van der Waals surface area (Å²) in [6.45, 7) is 5.66. The third-order valence-corrected chi connectivity index (χ3v) is 5.06. The fourth-order valence-electron chi connectivity index (χ4n) is 2.72. The van der Waals surface area contributed by atoms with Crippen LogP contribution in [0, 0.1) is 25.2 Å². The molecule has 1 N–H and O–H groups in total. The van der Waals surface area contributed by atoms with Gasteiger partial charge in [-0.15, -0.1) is 11.3 Å². The Morgan fingerprint density at radius 1 is 1.19 bits per heavy atom. The van der Waals surface area contributed by atoms with E-state index in [-0.39, 0.29) is 5.78 Å². The molecule has 2 aromatic carbocycles. The lowest BCUT2D eigenvalue weighted by Gasteiger charge is -2.04. The van der Waals surface area contributed by atoms with Gasteiger partial charge in [0, 0.05) is 28.4 Å². The normalized spacial score (nSPS) is 11.1. The number of ketones is 1. The van der Waals surface area contributed by atoms with Gasteiger partial charge in [-0.3, -0.25) is 4.79 Å². The Kier molecular flexibility index (Phi) is 5.49. The number of Topliss-reactive ketones (excluding diaryl/α,β-unsaturated/α-hetero) is 1. The van der Waals surface area contributed by atoms with Gasteiger partial charge in [0.2, 0.25) is 0 Å². The van der Waals surface area contributed by atoms with Gasteiger partial charge in [-0.25, -0.2) is 4.98 Å². The number of thiazole rings is 1. The minimum absolute atomic E-state index is 0.0246. The number of nitriles is 1. The monoisotopic (exact) mass is 373 g/mol. The van der Waals surface area contributed by atoms with Crippen molar-refractivity contribution < 1.29 is 4.79 Å². The van der Waals surface area contributed by atoms with Gasteiger partial charge >= 0.3 is 0 Å². The van der Waals surface area contributed by atoms with Crippen LogP contribution in [0.25, 0.3) is 16.8 Å². The number of nitrogens with zero attached hydrogens (tertiary/aromatic N) is 2. The highest BCUT2D eigenvalue weighted by Crippen LogP contribution is 2.28. The topological polar surface area (TPSA) is 65.8 Å². The Hall–Kier alpha value is -3.23. The third kappa shape index (κ3) is 4.30. The molecule has 5 heteroatoms. The zero-order valence-corrected chi connectivity index (χ0v) is 16.2. The summed E-state index contributed by atoms with van der Waals surface area (Å²) in [5.74, 6) is 0.0246. The van der Waals surface area contributed by atoms with Gasteiger partial charge in [0.1, 0.15) is 16.6 Å². The Morgan fingerprint density at radius 2 is 1.93 bits per heavy atom. The van der Waals surface area contributed by atoms with Crippen molar-refractivity contribution in [1.29, 1.82) is 5.26 Å². The Bertz CT molecular complexity index is 1060. The molecule has 0 unspecified atom stereocenters. The molecule has 1 heterocycles. The number of allylic oxidation sites excluding steroid dienone is 1. The van der Waals surface area contributed by atoms with Crippen LogP contribution in [0.5, 0.6) is 0 Å². The van der Waals surface area contributed by atoms with Crippen LogP contribution in [0.4, 0.5) is 5.69 Å². The zero-order valence-electron chi connectivity index (χ0n) is 15.4. The summed E-state index contributed by atoms with van der Waals surface area (Å²) in [5, 5.41) is 15.2. The molecule has 4 nitrogen and oxygen atoms in total. The maximum atomic E-state index is 11.3. The highest BCUT2D eigenvalue weighted by Gasteiger charge is 2.10. The quantitative estimate of drug-likeness (QED) is 0.466. The zero-order chi connectivity index (χ0) is 19.4. The average Bonchev–Trinajstić information content (AvgIpc) is 3.12. The molecule has 134 valence electrons. The molecule has 0 aliphatic heterocycles. The van der Waals surface area contributed by atoms with Crippen LogP contribution in [0.2, 0.25) is 0 Å². The number of carbonyl (C=O) groups excluding carboxylic acids is 1. The molecule has 0 bridgehead atoms. The van der Waals surface area contributed by atoms with E-state index in [1.807, 2.05) is 17.5 Å². The number of benzene rings is 2. The third-order valence-electron chi connectivity index (χ3n) is 4.19. The highest BCUT2D eigenvalue weighted by molar-refractivity contribution is 7.11. The number of anilines is 1. The van der Waals surface area contributed by atoms with Crippen molar-refractivity contribution in [2.75, 3.05) is 5.32 Å². The first kappa shape index (κ1) is 18.6. The van der Waals surface area contributed by atoms with Crippen LogP contribution in [0.3, 0.4) is 0 Å². The predicted octanol–water partition coefficient (Wildman–Crippen LogP) is 5.61. The lowest BCUT2D eigenvalue weighted by Crippen LogP contribution is -1.94. The molecule has 27 heavy (non-hydrogen) atoms. The molecule has 3 aromatic rings. The Morgan fingerprint density at radius 3 is 2.56 bits per heavy atom. The SMILES string of the molecule is CC(=O)c1ccc(NC=C(C#N)c2nc(-c3ccc(C)cc3C)cs2)cc1. The fraction of sp³-hybridized carbons (Fsp3) is 0.136. The van der Waals surface area contributed by atoms with Gasteiger partial charge in [0.25, 0.3) is 0 Å². The van der Waals surface area contributed by atoms with Crippen molar-refractivity contribution in [2.24, 2.45) is 0 Å². The van der Waals surface area contributed by atoms with E-state index in [9.17, 15) is 10.1 Å². The number of aryl methyl sites for hydroxylation is 2. The predicted molar refractivity (Wildman–Crippen MR) is 111 cm³/mol. The number of rotatable bonds is 5. The van der Waals surface area contributed by atoms with Crippen LogP contribution >= 0.6 is 11.3 Å². The van der Waals surface area contributed by atoms with Crippen LogP contribution < -0.4 is 5.32 Å². The molecular weight excluding hydrogens is 354 g/mol. The molecule has 0 fully saturated rings. The van der Waals surface area contributed by atoms with E-state index in [1.54, 1.807) is 18.3 Å². The van der Waals surface area contributed by atoms with Gasteiger partial charge < -0.3 is 5.32 Å². The van der Waals surface area contributed by atoms with Crippen molar-refractivity contribution in [1.82, 2.24) is 4.98 Å². The molecule has 0 saturated carbocycles. The minimum Gasteiger partial charge on any atom is -0.360 e. The number of nitrogens with one attached hydrogen (secondary N) is 1. The standard InChI is InChI=1S/C22H19N3OS/c1-14-4-9-20(15(2)10-14)21-13-27-22(25-21)18(11-23)12-24-19-7-5-17(6-8-19)16(3)26/h4-10,12-13,24H,1-3H3. The van der Waals surface area contributed by atoms with Crippen LogP contribution in [-0.4, -0.2) is 10.8 Å². The van der Waals surface area contributed by atoms with Gasteiger partial charge in [-0.2, -0.15) is 5.26 Å². The summed E-state index contributed by atoms with van der Waals surface area (Å²) in [5.41, 5.74) is 6.25. The van der Waals surface area contributed by atoms with E-state index >= 15 is 0 Å². The van der Waals surface area contributed by atoms with Crippen molar-refractivity contribution in [3.8, 4) is 17.3 Å². The summed E-state index contributed by atoms with van der Waals surface area (Å²) >= 11 is 1.44. The largest absolute Gasteiger partial charge is 0.360 e. The molecule has 0 radical (unpaired) electrons. The van der Waals surface area contributed by atoms with Crippen molar-refractivity contribution in [3.05, 3.63) is 75.7 Å². The van der Waals surface area contributed by atoms with E-state index in [1.165, 1.54) is 23.8 Å². The molecule has 0 spiro atoms. The first-order valence-electron chi connectivity index (χ1n) is 8.49. The van der Waals surface area contributed by atoms with E-state index in [0.717, 1.165) is 22.5 Å². The average molecular weight is 373 g/mol. The smallest absolute Gasteiger partial charge is 0.159 e. The maximum Gasteiger partial charge on any atom is 0.159 e. The molecule has 0 aliphatic carbocycles. The second kappa shape index (κ2) is 7.98. The van der Waals surface area contributed by atoms with Crippen LogP contribution in [-0.2, 0) is 0 Å². The second-order valence-electron chi connectivity index (χ2n) is 6.30. The number of hydrogen-bond acceptors (Lipinski definition) is 5. The van der Waals surface area contributed by atoms with Crippen molar-refractivity contribution >= 4 is 28.4 Å². The van der Waals surface area contributed by atoms with Crippen LogP contribution in [0.1, 0.15) is 33.4 Å². The van der Waals surface area contributed by atoms with E-state index < -0.39 is 0 Å². The molecule has 3 rings (SSSR count). The highest BCUT2D eigenvalue weighted by atomic mass is 32.1. The molecule has 0 aliphatic rings. The molecule has 0 saturated heterocycles. The number of carbonyl (C=O) groups is 1. The van der Waals surface area contributed by atoms with E-state index in [4.69, 9.17) is 0 Å². The molecule has 0 amide bonds. The van der Waals surface area contributed by atoms with Gasteiger partial charge in [0.15, 0.2) is 5.78 Å². The van der Waals surface area contributed by atoms with Crippen molar-refractivity contribution in [2.45, 2.75) is 20.8 Å². The Labute approximate surface area is 162 Å². The lowest BCUT2D eigenvalue weighted by molar-refractivity contribution is 0.101. The lowest BCUT2D eigenvalue weighted by atomic mass is 10.0. The summed E-state index contributed by atoms with van der Waals surface area (Å²) in [6, 6.07) is 15.6. The summed E-state index contributed by atoms with van der Waals surface area (Å²) in [7, 11) is 0. The summed E-state index contributed by atoms with van der Waals surface area (Å²) in [6.07, 6.45) is 1.65. The van der Waals surface area contributed by atoms with Crippen molar-refractivity contribution in [3.63, 3.8) is 0 Å². The summed E-state index contributed by atoms with van der Waals surface area (Å²) < 4.78 is 0. The molecular formula is C22H19N3OS. The first-order valence-corrected chi connectivity index (χ1v) is 9.37. The van der Waals surface area contributed by atoms with E-state index in [2.05, 4.69) is 48.4 Å². The van der Waals surface area contributed by atoms with E-state index in [0.29, 0.717) is 16.1 Å². The summed E-state index contributed by atoms with van der Waals surface area (Å²) in [4.78, 5) is 16.0. The number of aromatic nitrogens is 1. The Balaban J connectivity index is 1.81. The first-order chi connectivity index (χ1) is 13.0. The fourth-order valence-corrected chi connectivity index (χ4v) is 3.51. The minimum atomic E-state index is 0.0246.